The van der Waals surface area contributed by atoms with Crippen LogP contribution in [0.15, 0.2) is 12.1 Å². The van der Waals surface area contributed by atoms with Gasteiger partial charge in [0.15, 0.2) is 0 Å². The summed E-state index contributed by atoms with van der Waals surface area (Å²) in [6, 6.07) is 2.73. The first-order chi connectivity index (χ1) is 9.60. The van der Waals surface area contributed by atoms with E-state index in [0.29, 0.717) is 6.54 Å². The molecule has 2 heterocycles. The van der Waals surface area contributed by atoms with Crippen molar-refractivity contribution in [1.29, 1.82) is 0 Å². The van der Waals surface area contributed by atoms with E-state index in [4.69, 9.17) is 14.2 Å². The van der Waals surface area contributed by atoms with Crippen molar-refractivity contribution in [2.75, 3.05) is 26.8 Å². The largest absolute Gasteiger partial charge is 0.481 e. The van der Waals surface area contributed by atoms with Crippen molar-refractivity contribution in [1.82, 2.24) is 10.3 Å². The molecule has 1 saturated heterocycles. The number of nitrogens with zero attached hydrogens (tertiary/aromatic N) is 2. The van der Waals surface area contributed by atoms with Crippen molar-refractivity contribution in [3.8, 4) is 11.8 Å². The zero-order valence-corrected chi connectivity index (χ0v) is 11.4. The molecule has 0 aliphatic carbocycles. The Bertz CT molecular complexity index is 482. The summed E-state index contributed by atoms with van der Waals surface area (Å²) in [6.07, 6.45) is -0.0723. The molecule has 2 rings (SSSR count). The molecule has 1 fully saturated rings. The molecule has 0 spiro atoms. The number of hydrogen-bond donors (Lipinski definition) is 1. The summed E-state index contributed by atoms with van der Waals surface area (Å²) in [6.45, 7) is 3.57. The fourth-order valence-corrected chi connectivity index (χ4v) is 1.92. The lowest BCUT2D eigenvalue weighted by Gasteiger charge is -2.28. The normalized spacial score (nSPS) is 22.3. The molecule has 20 heavy (non-hydrogen) atoms. The molecule has 0 amide bonds. The quantitative estimate of drug-likeness (QED) is 0.629. The second-order valence-electron chi connectivity index (χ2n) is 4.47. The highest BCUT2D eigenvalue weighted by Crippen LogP contribution is 2.27. The Balaban J connectivity index is 2.05. The Hall–Kier alpha value is -1.93. The number of morpholine rings is 1. The molecule has 1 aromatic rings. The van der Waals surface area contributed by atoms with Gasteiger partial charge in [0.1, 0.15) is 12.7 Å². The maximum atomic E-state index is 10.9. The van der Waals surface area contributed by atoms with Gasteiger partial charge in [-0.25, -0.2) is 0 Å². The Labute approximate surface area is 116 Å². The van der Waals surface area contributed by atoms with Gasteiger partial charge in [-0.2, -0.15) is 4.98 Å². The van der Waals surface area contributed by atoms with Gasteiger partial charge in [-0.1, -0.05) is 0 Å². The number of nitrogens with one attached hydrogen (secondary N) is 1. The molecule has 0 bridgehead atoms. The molecule has 0 saturated carbocycles. The summed E-state index contributed by atoms with van der Waals surface area (Å²) >= 11 is 0. The highest BCUT2D eigenvalue weighted by atomic mass is 16.6. The number of aromatic nitrogens is 1. The van der Waals surface area contributed by atoms with Crippen LogP contribution in [0.1, 0.15) is 6.92 Å². The fourth-order valence-electron chi connectivity index (χ4n) is 1.92. The molecule has 8 nitrogen and oxygen atoms in total. The lowest BCUT2D eigenvalue weighted by Crippen LogP contribution is -2.45. The molecule has 8 heteroatoms. The highest BCUT2D eigenvalue weighted by Gasteiger charge is 2.23. The first kappa shape index (κ1) is 14.5. The molecule has 0 aromatic carbocycles. The molecule has 1 N–H and O–H groups in total. The molecule has 2 unspecified atom stereocenters. The Kier molecular flexibility index (Phi) is 4.70. The van der Waals surface area contributed by atoms with Gasteiger partial charge in [0.2, 0.25) is 5.88 Å². The maximum Gasteiger partial charge on any atom is 0.331 e. The monoisotopic (exact) mass is 283 g/mol. The van der Waals surface area contributed by atoms with Gasteiger partial charge in [-0.15, -0.1) is 0 Å². The van der Waals surface area contributed by atoms with Crippen LogP contribution in [-0.2, 0) is 4.74 Å². The van der Waals surface area contributed by atoms with Crippen LogP contribution >= 0.6 is 0 Å². The maximum absolute atomic E-state index is 10.9. The van der Waals surface area contributed by atoms with Crippen molar-refractivity contribution < 1.29 is 19.1 Å². The van der Waals surface area contributed by atoms with Gasteiger partial charge in [-0.3, -0.25) is 10.1 Å². The van der Waals surface area contributed by atoms with Gasteiger partial charge in [-0.05, 0) is 6.92 Å². The van der Waals surface area contributed by atoms with Crippen molar-refractivity contribution in [3.63, 3.8) is 0 Å². The third-order valence-corrected chi connectivity index (χ3v) is 2.85. The highest BCUT2D eigenvalue weighted by molar-refractivity contribution is 5.42. The third-order valence-electron chi connectivity index (χ3n) is 2.85. The van der Waals surface area contributed by atoms with E-state index < -0.39 is 4.92 Å². The first-order valence-corrected chi connectivity index (χ1v) is 6.28. The van der Waals surface area contributed by atoms with E-state index in [-0.39, 0.29) is 36.3 Å². The average Bonchev–Trinajstić information content (AvgIpc) is 2.44. The minimum atomic E-state index is -0.537. The number of ether oxygens (including phenoxy) is 3. The van der Waals surface area contributed by atoms with Crippen LogP contribution in [0.5, 0.6) is 11.8 Å². The topological polar surface area (TPSA) is 95.8 Å². The third kappa shape index (κ3) is 3.55. The van der Waals surface area contributed by atoms with E-state index in [9.17, 15) is 10.1 Å². The molecule has 2 atom stereocenters. The first-order valence-electron chi connectivity index (χ1n) is 6.28. The second-order valence-corrected chi connectivity index (χ2v) is 4.47. The smallest absolute Gasteiger partial charge is 0.331 e. The SMILES string of the molecule is COc1ccc([N+](=O)[O-])c(OCC2CNCC(C)O2)n1. The average molecular weight is 283 g/mol. The van der Waals surface area contributed by atoms with Crippen molar-refractivity contribution in [2.24, 2.45) is 0 Å². The van der Waals surface area contributed by atoms with Crippen LogP contribution in [-0.4, -0.2) is 48.9 Å². The number of rotatable bonds is 5. The molecular formula is C12H17N3O5. The summed E-state index contributed by atoms with van der Waals surface area (Å²) in [5.74, 6) is 0.206. The molecular weight excluding hydrogens is 266 g/mol. The number of pyridine rings is 1. The summed E-state index contributed by atoms with van der Waals surface area (Å²) in [5, 5.41) is 14.1. The van der Waals surface area contributed by atoms with Gasteiger partial charge in [0.25, 0.3) is 5.88 Å². The van der Waals surface area contributed by atoms with Crippen LogP contribution in [0.3, 0.4) is 0 Å². The van der Waals surface area contributed by atoms with E-state index in [1.54, 1.807) is 0 Å². The van der Waals surface area contributed by atoms with Gasteiger partial charge < -0.3 is 19.5 Å². The molecule has 1 aromatic heterocycles. The van der Waals surface area contributed by atoms with Gasteiger partial charge >= 0.3 is 5.69 Å². The predicted octanol–water partition coefficient (Wildman–Crippen LogP) is 0.754. The minimum absolute atomic E-state index is 0.0591. The predicted molar refractivity (Wildman–Crippen MR) is 70.1 cm³/mol. The van der Waals surface area contributed by atoms with Crippen LogP contribution in [0.4, 0.5) is 5.69 Å². The van der Waals surface area contributed by atoms with Gasteiger partial charge in [0.05, 0.1) is 18.1 Å². The van der Waals surface area contributed by atoms with Crippen LogP contribution in [0.25, 0.3) is 0 Å². The van der Waals surface area contributed by atoms with E-state index in [2.05, 4.69) is 10.3 Å². The number of nitro groups is 1. The zero-order valence-electron chi connectivity index (χ0n) is 11.4. The van der Waals surface area contributed by atoms with Crippen molar-refractivity contribution in [3.05, 3.63) is 22.2 Å². The lowest BCUT2D eigenvalue weighted by atomic mass is 10.2. The summed E-state index contributed by atoms with van der Waals surface area (Å²) in [4.78, 5) is 14.3. The summed E-state index contributed by atoms with van der Waals surface area (Å²) in [7, 11) is 1.44. The lowest BCUT2D eigenvalue weighted by molar-refractivity contribution is -0.386. The van der Waals surface area contributed by atoms with E-state index >= 15 is 0 Å². The second kappa shape index (κ2) is 6.49. The zero-order chi connectivity index (χ0) is 14.5. The minimum Gasteiger partial charge on any atom is -0.481 e. The summed E-state index contributed by atoms with van der Waals surface area (Å²) in [5.41, 5.74) is -0.192. The Morgan fingerprint density at radius 2 is 2.35 bits per heavy atom. The molecule has 0 radical (unpaired) electrons. The van der Waals surface area contributed by atoms with E-state index in [0.717, 1.165) is 6.54 Å². The number of hydrogen-bond acceptors (Lipinski definition) is 7. The Morgan fingerprint density at radius 3 is 3.00 bits per heavy atom. The standard InChI is InChI=1S/C12H17N3O5/c1-8-5-13-6-9(20-8)7-19-12-10(15(16)17)3-4-11(14-12)18-2/h3-4,8-9,13H,5-7H2,1-2H3. The Morgan fingerprint density at radius 1 is 1.55 bits per heavy atom. The molecule has 110 valence electrons. The summed E-state index contributed by atoms with van der Waals surface area (Å²) < 4.78 is 16.0. The van der Waals surface area contributed by atoms with E-state index in [1.165, 1.54) is 19.2 Å². The van der Waals surface area contributed by atoms with Crippen LogP contribution < -0.4 is 14.8 Å². The van der Waals surface area contributed by atoms with Crippen LogP contribution in [0.2, 0.25) is 0 Å². The molecule has 1 aliphatic rings. The van der Waals surface area contributed by atoms with Crippen LogP contribution in [0, 0.1) is 10.1 Å². The van der Waals surface area contributed by atoms with Crippen molar-refractivity contribution >= 4 is 5.69 Å². The fraction of sp³-hybridized carbons (Fsp3) is 0.583. The van der Waals surface area contributed by atoms with Gasteiger partial charge in [0, 0.05) is 25.2 Å². The number of methoxy groups -OCH3 is 1. The van der Waals surface area contributed by atoms with Crippen molar-refractivity contribution in [2.45, 2.75) is 19.1 Å². The molecule has 1 aliphatic heterocycles. The van der Waals surface area contributed by atoms with E-state index in [1.807, 2.05) is 6.92 Å².